The highest BCUT2D eigenvalue weighted by Gasteiger charge is 2.36. The standard InChI is InChI=1S/C27H32N8O4/c1-16-15-39-11-10-33(16)23-12-17-18(20(29-23)14-32(4)26(37)38)13-34(25(17)36)21-7-5-6-19(28-21)24-31-30-22-8-9-27(2,3)35(22)24/h5-7,12,16H,8-11,13-15H2,1-4H3,(H,37,38)/t16-/m1/s1. The van der Waals surface area contributed by atoms with Crippen molar-refractivity contribution in [2.75, 3.05) is 36.6 Å². The van der Waals surface area contributed by atoms with Crippen LogP contribution in [-0.4, -0.2) is 79.6 Å². The van der Waals surface area contributed by atoms with Gasteiger partial charge in [-0.15, -0.1) is 10.2 Å². The van der Waals surface area contributed by atoms with E-state index in [0.29, 0.717) is 54.2 Å². The first kappa shape index (κ1) is 25.2. The fourth-order valence-corrected chi connectivity index (χ4v) is 5.68. The molecule has 6 rings (SSSR count). The van der Waals surface area contributed by atoms with E-state index in [0.717, 1.165) is 24.2 Å². The monoisotopic (exact) mass is 532 g/mol. The third kappa shape index (κ3) is 4.28. The van der Waals surface area contributed by atoms with Crippen LogP contribution in [0.1, 0.15) is 54.6 Å². The van der Waals surface area contributed by atoms with E-state index in [1.807, 2.05) is 25.1 Å². The second kappa shape index (κ2) is 9.30. The molecule has 1 N–H and O–H groups in total. The lowest BCUT2D eigenvalue weighted by molar-refractivity contribution is 0.0983. The number of morpholine rings is 1. The van der Waals surface area contributed by atoms with Gasteiger partial charge in [-0.2, -0.15) is 0 Å². The molecule has 12 nitrogen and oxygen atoms in total. The maximum absolute atomic E-state index is 13.8. The number of carboxylic acid groups (broad SMARTS) is 1. The van der Waals surface area contributed by atoms with Crippen molar-refractivity contribution >= 4 is 23.6 Å². The van der Waals surface area contributed by atoms with Gasteiger partial charge in [0.15, 0.2) is 5.82 Å². The maximum Gasteiger partial charge on any atom is 0.407 e. The number of aryl methyl sites for hydroxylation is 1. The normalized spacial score (nSPS) is 19.8. The Morgan fingerprint density at radius 1 is 1.23 bits per heavy atom. The summed E-state index contributed by atoms with van der Waals surface area (Å²) in [6.07, 6.45) is 0.786. The van der Waals surface area contributed by atoms with E-state index in [9.17, 15) is 14.7 Å². The molecule has 0 unspecified atom stereocenters. The van der Waals surface area contributed by atoms with E-state index < -0.39 is 6.09 Å². The van der Waals surface area contributed by atoms with Gasteiger partial charge >= 0.3 is 6.09 Å². The molecule has 204 valence electrons. The molecule has 0 aromatic carbocycles. The zero-order chi connectivity index (χ0) is 27.5. The zero-order valence-electron chi connectivity index (χ0n) is 22.6. The summed E-state index contributed by atoms with van der Waals surface area (Å²) in [6.45, 7) is 8.46. The number of hydrogen-bond donors (Lipinski definition) is 1. The molecule has 0 spiro atoms. The van der Waals surface area contributed by atoms with Crippen LogP contribution in [0.15, 0.2) is 24.3 Å². The Kier molecular flexibility index (Phi) is 6.01. The van der Waals surface area contributed by atoms with Gasteiger partial charge in [-0.1, -0.05) is 6.07 Å². The molecule has 0 saturated carbocycles. The predicted molar refractivity (Wildman–Crippen MR) is 143 cm³/mol. The fourth-order valence-electron chi connectivity index (χ4n) is 5.68. The summed E-state index contributed by atoms with van der Waals surface area (Å²) < 4.78 is 7.72. The maximum atomic E-state index is 13.8. The van der Waals surface area contributed by atoms with Crippen molar-refractivity contribution < 1.29 is 19.4 Å². The van der Waals surface area contributed by atoms with E-state index in [-0.39, 0.29) is 30.6 Å². The van der Waals surface area contributed by atoms with Gasteiger partial charge in [-0.05, 0) is 45.4 Å². The summed E-state index contributed by atoms with van der Waals surface area (Å²) in [5, 5.41) is 18.3. The third-order valence-electron chi connectivity index (χ3n) is 7.90. The first-order chi connectivity index (χ1) is 18.6. The highest BCUT2D eigenvalue weighted by molar-refractivity contribution is 6.10. The Labute approximate surface area is 226 Å². The van der Waals surface area contributed by atoms with Crippen molar-refractivity contribution in [2.24, 2.45) is 0 Å². The van der Waals surface area contributed by atoms with E-state index in [2.05, 4.69) is 33.5 Å². The SMILES string of the molecule is C[C@@H]1COCCN1c1cc2c(c(CN(C)C(=O)O)n1)CN(c1cccc(-c3nnc4n3C(C)(C)CC4)n1)C2=O. The molecule has 3 aromatic heterocycles. The van der Waals surface area contributed by atoms with Crippen LogP contribution >= 0.6 is 0 Å². The van der Waals surface area contributed by atoms with Gasteiger partial charge in [0.1, 0.15) is 23.2 Å². The van der Waals surface area contributed by atoms with E-state index >= 15 is 0 Å². The zero-order valence-corrected chi connectivity index (χ0v) is 22.6. The molecule has 1 atom stereocenters. The molecular weight excluding hydrogens is 500 g/mol. The molecule has 12 heteroatoms. The Bertz CT molecular complexity index is 1470. The van der Waals surface area contributed by atoms with Crippen LogP contribution in [-0.2, 0) is 29.8 Å². The molecule has 0 radical (unpaired) electrons. The molecule has 3 aliphatic rings. The molecule has 3 aromatic rings. The minimum Gasteiger partial charge on any atom is -0.465 e. The number of anilines is 2. The van der Waals surface area contributed by atoms with Crippen molar-refractivity contribution in [1.82, 2.24) is 29.6 Å². The number of carbonyl (C=O) groups excluding carboxylic acids is 1. The third-order valence-corrected chi connectivity index (χ3v) is 7.90. The van der Waals surface area contributed by atoms with E-state index in [1.54, 1.807) is 11.0 Å². The second-order valence-electron chi connectivity index (χ2n) is 11.1. The average Bonchev–Trinajstić information content (AvgIpc) is 3.58. The molecule has 0 bridgehead atoms. The lowest BCUT2D eigenvalue weighted by Gasteiger charge is -2.34. The number of aromatic nitrogens is 5. The lowest BCUT2D eigenvalue weighted by atomic mass is 10.0. The summed E-state index contributed by atoms with van der Waals surface area (Å²) in [5.74, 6) is 2.59. The smallest absolute Gasteiger partial charge is 0.407 e. The number of amides is 2. The van der Waals surface area contributed by atoms with Gasteiger partial charge in [-0.25, -0.2) is 14.8 Å². The molecule has 1 fully saturated rings. The molecule has 2 amide bonds. The van der Waals surface area contributed by atoms with Gasteiger partial charge in [0.25, 0.3) is 5.91 Å². The summed E-state index contributed by atoms with van der Waals surface area (Å²) in [6, 6.07) is 7.46. The highest BCUT2D eigenvalue weighted by atomic mass is 16.5. The Morgan fingerprint density at radius 3 is 2.82 bits per heavy atom. The lowest BCUT2D eigenvalue weighted by Crippen LogP contribution is -2.44. The Morgan fingerprint density at radius 2 is 2.05 bits per heavy atom. The number of nitrogens with zero attached hydrogens (tertiary/aromatic N) is 8. The van der Waals surface area contributed by atoms with Gasteiger partial charge in [0.2, 0.25) is 0 Å². The van der Waals surface area contributed by atoms with Crippen molar-refractivity contribution in [3.8, 4) is 11.5 Å². The van der Waals surface area contributed by atoms with Crippen molar-refractivity contribution in [3.63, 3.8) is 0 Å². The summed E-state index contributed by atoms with van der Waals surface area (Å²) in [4.78, 5) is 40.1. The topological polar surface area (TPSA) is 130 Å². The van der Waals surface area contributed by atoms with Crippen LogP contribution in [0.2, 0.25) is 0 Å². The van der Waals surface area contributed by atoms with E-state index in [1.165, 1.54) is 11.9 Å². The average molecular weight is 533 g/mol. The van der Waals surface area contributed by atoms with Crippen LogP contribution in [0.25, 0.3) is 11.5 Å². The minimum absolute atomic E-state index is 0.0692. The summed E-state index contributed by atoms with van der Waals surface area (Å²) in [7, 11) is 1.50. The van der Waals surface area contributed by atoms with Crippen LogP contribution in [0.5, 0.6) is 0 Å². The van der Waals surface area contributed by atoms with Crippen molar-refractivity contribution in [3.05, 3.63) is 46.9 Å². The number of pyridine rings is 2. The molecule has 39 heavy (non-hydrogen) atoms. The van der Waals surface area contributed by atoms with Crippen LogP contribution < -0.4 is 9.80 Å². The van der Waals surface area contributed by atoms with Crippen LogP contribution in [0, 0.1) is 0 Å². The predicted octanol–water partition coefficient (Wildman–Crippen LogP) is 2.91. The van der Waals surface area contributed by atoms with E-state index in [4.69, 9.17) is 14.7 Å². The van der Waals surface area contributed by atoms with Gasteiger partial charge in [0.05, 0.1) is 43.6 Å². The summed E-state index contributed by atoms with van der Waals surface area (Å²) in [5.41, 5.74) is 2.33. The molecule has 6 heterocycles. The van der Waals surface area contributed by atoms with Crippen LogP contribution in [0.4, 0.5) is 16.4 Å². The quantitative estimate of drug-likeness (QED) is 0.527. The van der Waals surface area contributed by atoms with Gasteiger partial charge < -0.3 is 24.2 Å². The van der Waals surface area contributed by atoms with Gasteiger partial charge in [-0.3, -0.25) is 9.69 Å². The van der Waals surface area contributed by atoms with Gasteiger partial charge in [0, 0.05) is 31.1 Å². The summed E-state index contributed by atoms with van der Waals surface area (Å²) >= 11 is 0. The first-order valence-electron chi connectivity index (χ1n) is 13.2. The number of ether oxygens (including phenoxy) is 1. The van der Waals surface area contributed by atoms with Crippen molar-refractivity contribution in [2.45, 2.75) is 58.3 Å². The molecule has 1 saturated heterocycles. The first-order valence-corrected chi connectivity index (χ1v) is 13.2. The molecule has 0 aliphatic carbocycles. The Balaban J connectivity index is 1.38. The second-order valence-corrected chi connectivity index (χ2v) is 11.1. The minimum atomic E-state index is -1.06. The highest BCUT2D eigenvalue weighted by Crippen LogP contribution is 2.37. The number of hydrogen-bond acceptors (Lipinski definition) is 8. The largest absolute Gasteiger partial charge is 0.465 e. The Hall–Kier alpha value is -4.06. The van der Waals surface area contributed by atoms with Crippen molar-refractivity contribution in [1.29, 1.82) is 0 Å². The number of fused-ring (bicyclic) bond motifs is 2. The van der Waals surface area contributed by atoms with Crippen LogP contribution in [0.3, 0.4) is 0 Å². The molecular formula is C27H32N8O4. The molecule has 3 aliphatic heterocycles. The fraction of sp³-hybridized carbons (Fsp3) is 0.481. The number of carbonyl (C=O) groups is 2. The number of rotatable bonds is 5.